The van der Waals surface area contributed by atoms with E-state index in [1.807, 2.05) is 18.2 Å². The quantitative estimate of drug-likeness (QED) is 0.305. The van der Waals surface area contributed by atoms with Crippen LogP contribution in [0.15, 0.2) is 70.8 Å². The number of phenols is 1. The molecule has 0 aromatic heterocycles. The molecule has 2 fully saturated rings. The number of phenolic OH excluding ortho intramolecular Hbond substituents is 1. The van der Waals surface area contributed by atoms with Gasteiger partial charge in [0, 0.05) is 59.1 Å². The molecule has 10 nitrogen and oxygen atoms in total. The lowest BCUT2D eigenvalue weighted by atomic mass is 9.59. The van der Waals surface area contributed by atoms with Crippen molar-refractivity contribution in [1.29, 1.82) is 0 Å². The Labute approximate surface area is 260 Å². The number of morpholine rings is 1. The van der Waals surface area contributed by atoms with E-state index in [1.165, 1.54) is 37.3 Å². The summed E-state index contributed by atoms with van der Waals surface area (Å²) in [5, 5.41) is 10.4. The van der Waals surface area contributed by atoms with Gasteiger partial charge in [-0.15, -0.1) is 0 Å². The molecule has 0 saturated carbocycles. The molecule has 10 heteroatoms. The summed E-state index contributed by atoms with van der Waals surface area (Å²) in [6.07, 6.45) is 3.78. The fourth-order valence-corrected chi connectivity index (χ4v) is 7.81. The van der Waals surface area contributed by atoms with Crippen molar-refractivity contribution in [2.24, 2.45) is 17.8 Å². The minimum atomic E-state index is -0.768. The van der Waals surface area contributed by atoms with Crippen LogP contribution in [0.3, 0.4) is 0 Å². The molecule has 2 aromatic carbocycles. The number of fused-ring (bicyclic) bond motifs is 3. The second-order valence-corrected chi connectivity index (χ2v) is 12.1. The van der Waals surface area contributed by atoms with E-state index < -0.39 is 23.7 Å². The molecule has 2 amide bonds. The number of carbonyl (C=O) groups excluding carboxylic acids is 4. The molecule has 232 valence electrons. The van der Waals surface area contributed by atoms with Gasteiger partial charge in [-0.2, -0.15) is 0 Å². The third kappa shape index (κ3) is 4.49. The van der Waals surface area contributed by atoms with Gasteiger partial charge >= 0.3 is 0 Å². The van der Waals surface area contributed by atoms with E-state index in [2.05, 4.69) is 4.90 Å². The van der Waals surface area contributed by atoms with Gasteiger partial charge in [-0.1, -0.05) is 11.6 Å². The van der Waals surface area contributed by atoms with Gasteiger partial charge in [-0.3, -0.25) is 24.1 Å². The average Bonchev–Trinajstić information content (AvgIpc) is 3.32. The first kappa shape index (κ1) is 29.0. The van der Waals surface area contributed by atoms with E-state index in [0.717, 1.165) is 24.4 Å². The molecule has 0 spiro atoms. The standard InChI is InChI=1S/C35H34N2O8/c1-18-14-26(39)30-25(33(18)40)17-24-22(31(30)32-27(43-2)15-21(38)16-28(32)44-3)8-9-23-29(24)35(42)37(34(23)41)20-6-4-19(5-7-20)36-10-12-45-13-11-36/h4-8,14-16,23-24,29,31,38H,9-13,17H2,1-3H3. The smallest absolute Gasteiger partial charge is 0.238 e. The predicted octanol–water partition coefficient (Wildman–Crippen LogP) is 3.88. The van der Waals surface area contributed by atoms with Gasteiger partial charge in [-0.05, 0) is 56.0 Å². The summed E-state index contributed by atoms with van der Waals surface area (Å²) < 4.78 is 16.8. The zero-order valence-corrected chi connectivity index (χ0v) is 25.4. The Hall–Kier alpha value is -4.70. The van der Waals surface area contributed by atoms with Crippen LogP contribution < -0.4 is 19.3 Å². The van der Waals surface area contributed by atoms with Crippen molar-refractivity contribution in [2.75, 3.05) is 50.3 Å². The summed E-state index contributed by atoms with van der Waals surface area (Å²) in [6.45, 7) is 4.45. The number of rotatable bonds is 5. The van der Waals surface area contributed by atoms with Gasteiger partial charge in [0.25, 0.3) is 0 Å². The Morgan fingerprint density at radius 3 is 2.18 bits per heavy atom. The maximum atomic E-state index is 14.3. The van der Waals surface area contributed by atoms with Gasteiger partial charge in [0.2, 0.25) is 11.8 Å². The number of ether oxygens (including phenoxy) is 3. The first-order valence-corrected chi connectivity index (χ1v) is 15.2. The Morgan fingerprint density at radius 1 is 0.889 bits per heavy atom. The van der Waals surface area contributed by atoms with Crippen molar-refractivity contribution in [3.8, 4) is 17.2 Å². The number of carbonyl (C=O) groups is 4. The van der Waals surface area contributed by atoms with Crippen molar-refractivity contribution >= 4 is 34.8 Å². The molecule has 2 heterocycles. The molecule has 4 unspecified atom stereocenters. The number of anilines is 2. The summed E-state index contributed by atoms with van der Waals surface area (Å²) in [7, 11) is 2.91. The molecule has 5 aliphatic rings. The van der Waals surface area contributed by atoms with E-state index in [0.29, 0.717) is 47.6 Å². The number of amides is 2. The maximum absolute atomic E-state index is 14.3. The number of Topliss-reactive ketones (excluding diaryl/α,β-unsaturated/α-hetero) is 1. The van der Waals surface area contributed by atoms with E-state index >= 15 is 0 Å². The van der Waals surface area contributed by atoms with Crippen molar-refractivity contribution in [1.82, 2.24) is 0 Å². The first-order chi connectivity index (χ1) is 21.7. The number of hydrogen-bond acceptors (Lipinski definition) is 9. The van der Waals surface area contributed by atoms with Gasteiger partial charge in [-0.25, -0.2) is 0 Å². The summed E-state index contributed by atoms with van der Waals surface area (Å²) >= 11 is 0. The zero-order chi connectivity index (χ0) is 31.6. The maximum Gasteiger partial charge on any atom is 0.238 e. The van der Waals surface area contributed by atoms with Crippen molar-refractivity contribution in [2.45, 2.75) is 25.7 Å². The minimum absolute atomic E-state index is 0.0830. The number of imide groups is 1. The predicted molar refractivity (Wildman–Crippen MR) is 165 cm³/mol. The molecular weight excluding hydrogens is 576 g/mol. The van der Waals surface area contributed by atoms with E-state index in [4.69, 9.17) is 14.2 Å². The molecule has 7 rings (SSSR count). The lowest BCUT2D eigenvalue weighted by molar-refractivity contribution is -0.123. The van der Waals surface area contributed by atoms with Crippen LogP contribution in [0, 0.1) is 17.8 Å². The summed E-state index contributed by atoms with van der Waals surface area (Å²) in [5.41, 5.74) is 3.77. The van der Waals surface area contributed by atoms with Crippen LogP contribution in [0.1, 0.15) is 31.2 Å². The van der Waals surface area contributed by atoms with E-state index in [1.54, 1.807) is 19.1 Å². The number of methoxy groups -OCH3 is 2. The largest absolute Gasteiger partial charge is 0.508 e. The van der Waals surface area contributed by atoms with Crippen LogP contribution in [0.4, 0.5) is 11.4 Å². The second-order valence-electron chi connectivity index (χ2n) is 12.1. The number of aromatic hydroxyl groups is 1. The molecule has 3 aliphatic carbocycles. The number of hydrogen-bond donors (Lipinski definition) is 1. The molecule has 1 N–H and O–H groups in total. The van der Waals surface area contributed by atoms with Gasteiger partial charge in [0.05, 0.1) is 45.0 Å². The normalized spacial score (nSPS) is 26.3. The van der Waals surface area contributed by atoms with Crippen LogP contribution in [-0.4, -0.2) is 69.0 Å². The van der Waals surface area contributed by atoms with Crippen molar-refractivity contribution < 1.29 is 38.5 Å². The lowest BCUT2D eigenvalue weighted by Crippen LogP contribution is -2.40. The highest BCUT2D eigenvalue weighted by Gasteiger charge is 2.57. The van der Waals surface area contributed by atoms with Gasteiger partial charge in [0.15, 0.2) is 11.6 Å². The monoisotopic (exact) mass is 610 g/mol. The van der Waals surface area contributed by atoms with Crippen LogP contribution in [0.5, 0.6) is 17.2 Å². The molecule has 0 bridgehead atoms. The molecular formula is C35H34N2O8. The average molecular weight is 611 g/mol. The topological polar surface area (TPSA) is 123 Å². The van der Waals surface area contributed by atoms with E-state index in [-0.39, 0.29) is 47.1 Å². The number of nitrogens with zero attached hydrogens (tertiary/aromatic N) is 2. The van der Waals surface area contributed by atoms with Crippen LogP contribution >= 0.6 is 0 Å². The zero-order valence-electron chi connectivity index (χ0n) is 25.4. The molecule has 45 heavy (non-hydrogen) atoms. The Balaban J connectivity index is 1.31. The Bertz CT molecular complexity index is 1700. The van der Waals surface area contributed by atoms with Crippen molar-refractivity contribution in [3.63, 3.8) is 0 Å². The third-order valence-electron chi connectivity index (χ3n) is 9.86. The fraction of sp³-hybridized carbons (Fsp3) is 0.371. The molecule has 0 radical (unpaired) electrons. The SMILES string of the molecule is COc1cc(O)cc(OC)c1C1C2=CCC3C(=O)N(c4ccc(N5CCOCC5)cc4)C(=O)C3C2CC2=C1C(=O)C=C(C)C2=O. The number of ketones is 2. The third-order valence-corrected chi connectivity index (χ3v) is 9.86. The molecule has 2 aliphatic heterocycles. The second kappa shape index (κ2) is 11.0. The van der Waals surface area contributed by atoms with Crippen LogP contribution in [0.25, 0.3) is 0 Å². The Kier molecular flexibility index (Phi) is 7.12. The van der Waals surface area contributed by atoms with Gasteiger partial charge < -0.3 is 24.2 Å². The Morgan fingerprint density at radius 2 is 1.53 bits per heavy atom. The first-order valence-electron chi connectivity index (χ1n) is 15.2. The summed E-state index contributed by atoms with van der Waals surface area (Å²) in [4.78, 5) is 58.9. The molecule has 2 saturated heterocycles. The highest BCUT2D eigenvalue weighted by Crippen LogP contribution is 2.58. The lowest BCUT2D eigenvalue weighted by Gasteiger charge is -2.42. The van der Waals surface area contributed by atoms with Crippen molar-refractivity contribution in [3.05, 3.63) is 76.4 Å². The highest BCUT2D eigenvalue weighted by molar-refractivity contribution is 6.25. The number of benzene rings is 2. The molecule has 4 atom stereocenters. The van der Waals surface area contributed by atoms with Gasteiger partial charge in [0.1, 0.15) is 17.2 Å². The van der Waals surface area contributed by atoms with E-state index in [9.17, 15) is 24.3 Å². The van der Waals surface area contributed by atoms with Crippen LogP contribution in [0.2, 0.25) is 0 Å². The summed E-state index contributed by atoms with van der Waals surface area (Å²) in [5.74, 6) is -3.21. The fourth-order valence-electron chi connectivity index (χ4n) is 7.81. The highest BCUT2D eigenvalue weighted by atomic mass is 16.5. The number of allylic oxidation sites excluding steroid dienone is 6. The summed E-state index contributed by atoms with van der Waals surface area (Å²) in [6, 6.07) is 10.3. The molecule has 2 aromatic rings. The van der Waals surface area contributed by atoms with Crippen LogP contribution in [-0.2, 0) is 23.9 Å². The minimum Gasteiger partial charge on any atom is -0.508 e.